The molecule has 1 amide bonds. The lowest BCUT2D eigenvalue weighted by atomic mass is 10.2. The summed E-state index contributed by atoms with van der Waals surface area (Å²) in [6.07, 6.45) is 2.04. The highest BCUT2D eigenvalue weighted by Gasteiger charge is 2.15. The Bertz CT molecular complexity index is 685. The molecule has 6 heteroatoms. The Morgan fingerprint density at radius 1 is 1.39 bits per heavy atom. The first-order valence-corrected chi connectivity index (χ1v) is 8.84. The van der Waals surface area contributed by atoms with E-state index in [1.54, 1.807) is 0 Å². The Morgan fingerprint density at radius 3 is 2.87 bits per heavy atom. The van der Waals surface area contributed by atoms with Gasteiger partial charge in [0, 0.05) is 11.6 Å². The summed E-state index contributed by atoms with van der Waals surface area (Å²) in [5.74, 6) is 0.690. The summed E-state index contributed by atoms with van der Waals surface area (Å²) in [7, 11) is 0. The summed E-state index contributed by atoms with van der Waals surface area (Å²) in [5.41, 5.74) is 1.71. The first-order valence-electron chi connectivity index (χ1n) is 7.64. The number of hydrogen-bond acceptors (Lipinski definition) is 4. The zero-order chi connectivity index (χ0) is 16.8. The van der Waals surface area contributed by atoms with E-state index in [4.69, 9.17) is 16.3 Å². The van der Waals surface area contributed by atoms with Crippen LogP contribution in [0.3, 0.4) is 0 Å². The maximum absolute atomic E-state index is 12.1. The number of nitrogens with zero attached hydrogens (tertiary/aromatic N) is 1. The highest BCUT2D eigenvalue weighted by molar-refractivity contribution is 7.13. The summed E-state index contributed by atoms with van der Waals surface area (Å²) in [5, 5.41) is 4.42. The van der Waals surface area contributed by atoms with Crippen LogP contribution in [0.5, 0.6) is 5.75 Å². The molecule has 1 aromatic heterocycles. The van der Waals surface area contributed by atoms with Gasteiger partial charge in [-0.15, -0.1) is 11.3 Å². The van der Waals surface area contributed by atoms with Gasteiger partial charge < -0.3 is 10.1 Å². The van der Waals surface area contributed by atoms with Gasteiger partial charge in [0.05, 0.1) is 5.69 Å². The van der Waals surface area contributed by atoms with Crippen molar-refractivity contribution in [3.05, 3.63) is 44.4 Å². The first-order chi connectivity index (χ1) is 11.0. The van der Waals surface area contributed by atoms with Crippen LogP contribution in [0.2, 0.25) is 5.02 Å². The molecule has 0 saturated carbocycles. The largest absolute Gasteiger partial charge is 0.486 e. The number of aryl methyl sites for hydroxylation is 2. The van der Waals surface area contributed by atoms with Crippen LogP contribution in [0.1, 0.15) is 45.7 Å². The van der Waals surface area contributed by atoms with Gasteiger partial charge >= 0.3 is 0 Å². The number of nitrogens with one attached hydrogen (secondary N) is 1. The van der Waals surface area contributed by atoms with Crippen molar-refractivity contribution in [2.75, 3.05) is 6.54 Å². The van der Waals surface area contributed by atoms with Gasteiger partial charge in [-0.05, 0) is 44.0 Å². The van der Waals surface area contributed by atoms with Crippen LogP contribution in [0, 0.1) is 13.8 Å². The summed E-state index contributed by atoms with van der Waals surface area (Å²) < 4.78 is 5.73. The Balaban J connectivity index is 1.97. The average Bonchev–Trinajstić information content (AvgIpc) is 2.90. The molecule has 0 unspecified atom stereocenters. The van der Waals surface area contributed by atoms with Crippen molar-refractivity contribution < 1.29 is 9.53 Å². The zero-order valence-electron chi connectivity index (χ0n) is 13.6. The molecule has 23 heavy (non-hydrogen) atoms. The molecule has 1 aromatic carbocycles. The summed E-state index contributed by atoms with van der Waals surface area (Å²) in [6, 6.07) is 5.53. The molecule has 0 saturated heterocycles. The molecular formula is C17H21ClN2O2S. The number of halogens is 1. The fraction of sp³-hybridized carbons (Fsp3) is 0.412. The normalized spacial score (nSPS) is 10.6. The van der Waals surface area contributed by atoms with Gasteiger partial charge in [0.15, 0.2) is 0 Å². The number of hydrogen-bond donors (Lipinski definition) is 1. The molecule has 0 aliphatic rings. The summed E-state index contributed by atoms with van der Waals surface area (Å²) in [6.45, 7) is 6.91. The number of ether oxygens (including phenoxy) is 1. The number of carbonyl (C=O) groups excluding carboxylic acids is 1. The molecule has 0 bridgehead atoms. The van der Waals surface area contributed by atoms with Gasteiger partial charge in [-0.1, -0.05) is 24.9 Å². The van der Waals surface area contributed by atoms with Crippen LogP contribution in [-0.2, 0) is 6.61 Å². The maximum atomic E-state index is 12.1. The molecule has 0 atom stereocenters. The van der Waals surface area contributed by atoms with Crippen molar-refractivity contribution in [1.29, 1.82) is 0 Å². The van der Waals surface area contributed by atoms with Crippen LogP contribution >= 0.6 is 22.9 Å². The smallest absolute Gasteiger partial charge is 0.263 e. The van der Waals surface area contributed by atoms with Gasteiger partial charge in [0.2, 0.25) is 0 Å². The third-order valence-corrected chi connectivity index (χ3v) is 4.91. The van der Waals surface area contributed by atoms with Crippen molar-refractivity contribution in [1.82, 2.24) is 10.3 Å². The van der Waals surface area contributed by atoms with E-state index in [1.807, 2.05) is 32.0 Å². The third kappa shape index (κ3) is 4.94. The van der Waals surface area contributed by atoms with Crippen LogP contribution in [0.25, 0.3) is 0 Å². The number of carbonyl (C=O) groups is 1. The van der Waals surface area contributed by atoms with Gasteiger partial charge in [-0.3, -0.25) is 4.79 Å². The Morgan fingerprint density at radius 2 is 2.17 bits per heavy atom. The van der Waals surface area contributed by atoms with E-state index in [0.717, 1.165) is 34.9 Å². The third-order valence-electron chi connectivity index (χ3n) is 3.35. The van der Waals surface area contributed by atoms with Crippen LogP contribution in [-0.4, -0.2) is 17.4 Å². The van der Waals surface area contributed by atoms with E-state index in [0.29, 0.717) is 23.1 Å². The predicted molar refractivity (Wildman–Crippen MR) is 94.6 cm³/mol. The van der Waals surface area contributed by atoms with Crippen molar-refractivity contribution in [2.45, 2.75) is 40.2 Å². The summed E-state index contributed by atoms with van der Waals surface area (Å²) in [4.78, 5) is 17.2. The SMILES string of the molecule is CCCCNC(=O)c1sc(COc2ccc(Cl)c(C)c2)nc1C. The lowest BCUT2D eigenvalue weighted by Gasteiger charge is -2.05. The number of benzene rings is 1. The number of aromatic nitrogens is 1. The van der Waals surface area contributed by atoms with Gasteiger partial charge in [-0.25, -0.2) is 4.98 Å². The fourth-order valence-electron chi connectivity index (χ4n) is 2.04. The van der Waals surface area contributed by atoms with Crippen LogP contribution < -0.4 is 10.1 Å². The molecule has 2 rings (SSSR count). The minimum absolute atomic E-state index is 0.0537. The molecule has 0 spiro atoms. The van der Waals surface area contributed by atoms with Crippen LogP contribution in [0.4, 0.5) is 0 Å². The number of thiazole rings is 1. The number of unbranched alkanes of at least 4 members (excludes halogenated alkanes) is 1. The Hall–Kier alpha value is -1.59. The van der Waals surface area contributed by atoms with Crippen LogP contribution in [0.15, 0.2) is 18.2 Å². The molecule has 2 aromatic rings. The molecule has 0 aliphatic carbocycles. The highest BCUT2D eigenvalue weighted by atomic mass is 35.5. The molecule has 1 N–H and O–H groups in total. The molecule has 1 heterocycles. The van der Waals surface area contributed by atoms with E-state index >= 15 is 0 Å². The Labute approximate surface area is 145 Å². The second-order valence-corrected chi connectivity index (χ2v) is 6.82. The molecular weight excluding hydrogens is 332 g/mol. The van der Waals surface area contributed by atoms with E-state index in [2.05, 4.69) is 17.2 Å². The number of rotatable bonds is 7. The predicted octanol–water partition coefficient (Wildman–Crippen LogP) is 4.52. The van der Waals surface area contributed by atoms with Gasteiger partial charge in [0.1, 0.15) is 22.2 Å². The minimum Gasteiger partial charge on any atom is -0.486 e. The molecule has 0 radical (unpaired) electrons. The summed E-state index contributed by atoms with van der Waals surface area (Å²) >= 11 is 7.38. The van der Waals surface area contributed by atoms with Gasteiger partial charge in [0.25, 0.3) is 5.91 Å². The van der Waals surface area contributed by atoms with E-state index in [9.17, 15) is 4.79 Å². The van der Waals surface area contributed by atoms with Crippen molar-refractivity contribution in [3.63, 3.8) is 0 Å². The fourth-order valence-corrected chi connectivity index (χ4v) is 3.05. The Kier molecular flexibility index (Phi) is 6.42. The monoisotopic (exact) mass is 352 g/mol. The second kappa shape index (κ2) is 8.31. The maximum Gasteiger partial charge on any atom is 0.263 e. The minimum atomic E-state index is -0.0537. The lowest BCUT2D eigenvalue weighted by Crippen LogP contribution is -2.24. The zero-order valence-corrected chi connectivity index (χ0v) is 15.2. The topological polar surface area (TPSA) is 51.2 Å². The number of amides is 1. The molecule has 124 valence electrons. The van der Waals surface area contributed by atoms with Crippen molar-refractivity contribution in [2.24, 2.45) is 0 Å². The molecule has 0 fully saturated rings. The quantitative estimate of drug-likeness (QED) is 0.745. The standard InChI is InChI=1S/C17H21ClN2O2S/c1-4-5-8-19-17(21)16-12(3)20-15(23-16)10-22-13-6-7-14(18)11(2)9-13/h6-7,9H,4-5,8,10H2,1-3H3,(H,19,21). The van der Waals surface area contributed by atoms with E-state index in [1.165, 1.54) is 11.3 Å². The van der Waals surface area contributed by atoms with Gasteiger partial charge in [-0.2, -0.15) is 0 Å². The molecule has 0 aliphatic heterocycles. The van der Waals surface area contributed by atoms with Crippen molar-refractivity contribution >= 4 is 28.8 Å². The average molecular weight is 353 g/mol. The second-order valence-electron chi connectivity index (χ2n) is 5.33. The van der Waals surface area contributed by atoms with E-state index < -0.39 is 0 Å². The molecule has 4 nitrogen and oxygen atoms in total. The van der Waals surface area contributed by atoms with E-state index in [-0.39, 0.29) is 5.91 Å². The van der Waals surface area contributed by atoms with Crippen molar-refractivity contribution in [3.8, 4) is 5.75 Å². The first kappa shape index (κ1) is 17.8. The highest BCUT2D eigenvalue weighted by Crippen LogP contribution is 2.23. The lowest BCUT2D eigenvalue weighted by molar-refractivity contribution is 0.0956.